The monoisotopic (exact) mass is 362 g/mol. The van der Waals surface area contributed by atoms with Crippen LogP contribution in [0, 0.1) is 11.8 Å². The number of hydrogen-bond donors (Lipinski definition) is 0. The van der Waals surface area contributed by atoms with Gasteiger partial charge in [0.2, 0.25) is 0 Å². The summed E-state index contributed by atoms with van der Waals surface area (Å²) < 4.78 is 10.6. The van der Waals surface area contributed by atoms with Gasteiger partial charge in [0.05, 0.1) is 12.2 Å². The van der Waals surface area contributed by atoms with Crippen molar-refractivity contribution in [2.45, 2.75) is 103 Å². The van der Waals surface area contributed by atoms with E-state index in [0.717, 1.165) is 12.8 Å². The fourth-order valence-corrected chi connectivity index (χ4v) is 4.68. The molecule has 4 unspecified atom stereocenters. The fourth-order valence-electron chi connectivity index (χ4n) is 4.68. The first-order chi connectivity index (χ1) is 12.7. The first-order valence-electron chi connectivity index (χ1n) is 10.8. The molecule has 0 saturated carbocycles. The molecule has 3 heterocycles. The van der Waals surface area contributed by atoms with Crippen molar-refractivity contribution >= 4 is 11.9 Å². The number of ether oxygens (including phenoxy) is 2. The smallest absolute Gasteiger partial charge is 0.320 e. The molecule has 4 heteroatoms. The maximum Gasteiger partial charge on any atom is 0.320 e. The number of rotatable bonds is 13. The zero-order valence-corrected chi connectivity index (χ0v) is 16.2. The molecule has 0 radical (unpaired) electrons. The topological polar surface area (TPSA) is 52.6 Å². The zero-order valence-electron chi connectivity index (χ0n) is 16.2. The molecule has 0 aromatic rings. The normalized spacial score (nSPS) is 29.2. The van der Waals surface area contributed by atoms with Gasteiger partial charge < -0.3 is 9.47 Å². The largest absolute Gasteiger partial charge is 0.393 e. The van der Waals surface area contributed by atoms with E-state index < -0.39 is 5.97 Å². The predicted octanol–water partition coefficient (Wildman–Crippen LogP) is 5.10. The molecule has 3 aliphatic heterocycles. The maximum atomic E-state index is 11.8. The van der Waals surface area contributed by atoms with E-state index in [1.165, 1.54) is 76.2 Å². The molecule has 0 aliphatic carbocycles. The van der Waals surface area contributed by atoms with Crippen molar-refractivity contribution < 1.29 is 19.1 Å². The summed E-state index contributed by atoms with van der Waals surface area (Å²) in [5, 5.41) is 0. The van der Waals surface area contributed by atoms with E-state index >= 15 is 0 Å². The van der Waals surface area contributed by atoms with Crippen molar-refractivity contribution in [1.82, 2.24) is 0 Å². The average molecular weight is 363 g/mol. The van der Waals surface area contributed by atoms with Crippen molar-refractivity contribution in [3.8, 4) is 0 Å². The molecule has 2 saturated heterocycles. The Bertz CT molecular complexity index is 524. The lowest BCUT2D eigenvalue weighted by atomic mass is 9.80. The standard InChI is InChI=1S/C22H34O4/c1-2-3-4-5-6-7-8-9-10-11-12-13-14-16-15-17-18-19(20(16)25-17)22(24)26-21(18)23/h15,17-20H,2-14H2,1H3. The Hall–Kier alpha value is -1.16. The van der Waals surface area contributed by atoms with Crippen LogP contribution in [0.4, 0.5) is 0 Å². The lowest BCUT2D eigenvalue weighted by Gasteiger charge is -2.17. The van der Waals surface area contributed by atoms with Gasteiger partial charge in [0.15, 0.2) is 0 Å². The van der Waals surface area contributed by atoms with Crippen molar-refractivity contribution in [3.05, 3.63) is 11.6 Å². The molecule has 3 aliphatic rings. The third-order valence-corrected chi connectivity index (χ3v) is 6.18. The van der Waals surface area contributed by atoms with Gasteiger partial charge in [0.25, 0.3) is 0 Å². The van der Waals surface area contributed by atoms with Gasteiger partial charge in [-0.15, -0.1) is 0 Å². The van der Waals surface area contributed by atoms with Crippen LogP contribution in [0.15, 0.2) is 11.6 Å². The highest BCUT2D eigenvalue weighted by Crippen LogP contribution is 2.48. The summed E-state index contributed by atoms with van der Waals surface area (Å²) in [6.07, 6.45) is 18.7. The van der Waals surface area contributed by atoms with Crippen LogP contribution in [-0.2, 0) is 19.1 Å². The molecule has 4 atom stereocenters. The zero-order chi connectivity index (χ0) is 18.4. The van der Waals surface area contributed by atoms with Crippen LogP contribution in [0.25, 0.3) is 0 Å². The molecular weight excluding hydrogens is 328 g/mol. The van der Waals surface area contributed by atoms with Gasteiger partial charge in [0.1, 0.15) is 11.8 Å². The van der Waals surface area contributed by atoms with Gasteiger partial charge in [-0.1, -0.05) is 83.6 Å². The number of carbonyl (C=O) groups excluding carboxylic acids is 2. The predicted molar refractivity (Wildman–Crippen MR) is 101 cm³/mol. The maximum absolute atomic E-state index is 11.8. The minimum atomic E-state index is -0.395. The Morgan fingerprint density at radius 3 is 1.92 bits per heavy atom. The number of esters is 2. The molecular formula is C22H34O4. The Balaban J connectivity index is 1.21. The third kappa shape index (κ3) is 4.57. The van der Waals surface area contributed by atoms with Gasteiger partial charge in [-0.25, -0.2) is 0 Å². The van der Waals surface area contributed by atoms with Crippen LogP contribution in [-0.4, -0.2) is 24.1 Å². The van der Waals surface area contributed by atoms with Gasteiger partial charge in [-0.2, -0.15) is 0 Å². The minimum absolute atomic E-state index is 0.198. The van der Waals surface area contributed by atoms with E-state index in [0.29, 0.717) is 0 Å². The molecule has 0 aromatic carbocycles. The lowest BCUT2D eigenvalue weighted by Crippen LogP contribution is -2.29. The highest BCUT2D eigenvalue weighted by atomic mass is 16.6. The Morgan fingerprint density at radius 1 is 0.769 bits per heavy atom. The van der Waals surface area contributed by atoms with Crippen LogP contribution >= 0.6 is 0 Å². The van der Waals surface area contributed by atoms with E-state index in [9.17, 15) is 9.59 Å². The molecule has 0 aromatic heterocycles. The van der Waals surface area contributed by atoms with E-state index in [4.69, 9.17) is 9.47 Å². The SMILES string of the molecule is CCCCCCCCCCCCCCC1=CC2OC1C1C(=O)OC(=O)C21. The Labute approximate surface area is 157 Å². The second-order valence-electron chi connectivity index (χ2n) is 8.19. The minimum Gasteiger partial charge on any atom is -0.393 e. The summed E-state index contributed by atoms with van der Waals surface area (Å²) in [6, 6.07) is 0. The molecule has 26 heavy (non-hydrogen) atoms. The number of fused-ring (bicyclic) bond motifs is 5. The second kappa shape index (κ2) is 9.68. The Morgan fingerprint density at radius 2 is 1.31 bits per heavy atom. The number of carbonyl (C=O) groups is 2. The van der Waals surface area contributed by atoms with Gasteiger partial charge >= 0.3 is 11.9 Å². The van der Waals surface area contributed by atoms with Crippen LogP contribution in [0.5, 0.6) is 0 Å². The number of cyclic esters (lactones) is 2. The highest BCUT2D eigenvalue weighted by Gasteiger charge is 2.61. The van der Waals surface area contributed by atoms with Crippen LogP contribution < -0.4 is 0 Å². The van der Waals surface area contributed by atoms with Crippen molar-refractivity contribution in [2.75, 3.05) is 0 Å². The van der Waals surface area contributed by atoms with E-state index in [2.05, 4.69) is 13.0 Å². The molecule has 3 rings (SSSR count). The van der Waals surface area contributed by atoms with Crippen LogP contribution in [0.2, 0.25) is 0 Å². The summed E-state index contributed by atoms with van der Waals surface area (Å²) in [7, 11) is 0. The molecule has 0 spiro atoms. The summed E-state index contributed by atoms with van der Waals surface area (Å²) in [6.45, 7) is 2.27. The molecule has 2 fully saturated rings. The third-order valence-electron chi connectivity index (χ3n) is 6.18. The summed E-state index contributed by atoms with van der Waals surface area (Å²) >= 11 is 0. The van der Waals surface area contributed by atoms with Crippen molar-refractivity contribution in [1.29, 1.82) is 0 Å². The van der Waals surface area contributed by atoms with Crippen LogP contribution in [0.3, 0.4) is 0 Å². The van der Waals surface area contributed by atoms with Gasteiger partial charge in [-0.3, -0.25) is 9.59 Å². The first-order valence-corrected chi connectivity index (χ1v) is 10.8. The van der Waals surface area contributed by atoms with Gasteiger partial charge in [0, 0.05) is 0 Å². The first kappa shape index (κ1) is 19.6. The molecule has 146 valence electrons. The molecule has 2 bridgehead atoms. The number of unbranched alkanes of at least 4 members (excludes halogenated alkanes) is 11. The quantitative estimate of drug-likeness (QED) is 0.198. The second-order valence-corrected chi connectivity index (χ2v) is 8.19. The summed E-state index contributed by atoms with van der Waals surface area (Å²) in [5.41, 5.74) is 1.22. The van der Waals surface area contributed by atoms with Gasteiger partial charge in [-0.05, 0) is 18.4 Å². The average Bonchev–Trinajstić information content (AvgIpc) is 3.28. The summed E-state index contributed by atoms with van der Waals surface area (Å²) in [4.78, 5) is 23.5. The number of hydrogen-bond acceptors (Lipinski definition) is 4. The van der Waals surface area contributed by atoms with E-state index in [1.807, 2.05) is 0 Å². The van der Waals surface area contributed by atoms with E-state index in [1.54, 1.807) is 0 Å². The fraction of sp³-hybridized carbons (Fsp3) is 0.818. The van der Waals surface area contributed by atoms with Crippen molar-refractivity contribution in [3.63, 3.8) is 0 Å². The highest BCUT2D eigenvalue weighted by molar-refractivity contribution is 5.98. The molecule has 0 N–H and O–H groups in total. The van der Waals surface area contributed by atoms with E-state index in [-0.39, 0.29) is 30.0 Å². The Kier molecular flexibility index (Phi) is 7.30. The summed E-state index contributed by atoms with van der Waals surface area (Å²) in [5.74, 6) is -1.52. The van der Waals surface area contributed by atoms with Crippen molar-refractivity contribution in [2.24, 2.45) is 11.8 Å². The lowest BCUT2D eigenvalue weighted by molar-refractivity contribution is -0.156. The molecule has 4 nitrogen and oxygen atoms in total. The molecule has 0 amide bonds. The van der Waals surface area contributed by atoms with Crippen LogP contribution in [0.1, 0.15) is 90.4 Å².